The summed E-state index contributed by atoms with van der Waals surface area (Å²) in [6.07, 6.45) is 0.409. The maximum Gasteiger partial charge on any atom is 0.119 e. The quantitative estimate of drug-likeness (QED) is 0.590. The molecule has 0 saturated heterocycles. The Morgan fingerprint density at radius 2 is 2.10 bits per heavy atom. The number of hydrogen-bond donors (Lipinski definition) is 2. The Labute approximate surface area is 120 Å². The number of rotatable bonds is 11. The van der Waals surface area contributed by atoms with E-state index in [4.69, 9.17) is 14.2 Å². The monoisotopic (exact) mass is 283 g/mol. The molecule has 114 valence electrons. The van der Waals surface area contributed by atoms with E-state index in [0.717, 1.165) is 18.7 Å². The molecule has 20 heavy (non-hydrogen) atoms. The van der Waals surface area contributed by atoms with E-state index in [1.807, 2.05) is 18.2 Å². The van der Waals surface area contributed by atoms with Gasteiger partial charge in [0.2, 0.25) is 0 Å². The van der Waals surface area contributed by atoms with Crippen molar-refractivity contribution < 1.29 is 19.3 Å². The Bertz CT molecular complexity index is 359. The van der Waals surface area contributed by atoms with Crippen molar-refractivity contribution >= 4 is 0 Å². The molecule has 0 aliphatic rings. The third-order valence-electron chi connectivity index (χ3n) is 2.85. The number of ether oxygens (including phenoxy) is 3. The SMILES string of the molecule is COCCOCC(O)CNCCc1cccc(OC)c1. The topological polar surface area (TPSA) is 60.0 Å². The molecular formula is C15H25NO4. The Hall–Kier alpha value is -1.14. The lowest BCUT2D eigenvalue weighted by Gasteiger charge is -2.12. The van der Waals surface area contributed by atoms with Crippen molar-refractivity contribution in [3.05, 3.63) is 29.8 Å². The highest BCUT2D eigenvalue weighted by molar-refractivity contribution is 5.28. The van der Waals surface area contributed by atoms with E-state index in [1.165, 1.54) is 5.56 Å². The van der Waals surface area contributed by atoms with Crippen molar-refractivity contribution in [3.63, 3.8) is 0 Å². The predicted octanol–water partition coefficient (Wildman–Crippen LogP) is 0.851. The summed E-state index contributed by atoms with van der Waals surface area (Å²) < 4.78 is 15.3. The molecule has 1 aromatic rings. The van der Waals surface area contributed by atoms with Crippen LogP contribution in [0.3, 0.4) is 0 Å². The third kappa shape index (κ3) is 7.45. The first-order chi connectivity index (χ1) is 9.76. The van der Waals surface area contributed by atoms with Gasteiger partial charge in [0.05, 0.1) is 33.0 Å². The number of hydrogen-bond acceptors (Lipinski definition) is 5. The van der Waals surface area contributed by atoms with E-state index >= 15 is 0 Å². The molecule has 1 rings (SSSR count). The fourth-order valence-corrected chi connectivity index (χ4v) is 1.75. The van der Waals surface area contributed by atoms with Crippen LogP contribution in [0.5, 0.6) is 5.75 Å². The van der Waals surface area contributed by atoms with Gasteiger partial charge in [0.15, 0.2) is 0 Å². The van der Waals surface area contributed by atoms with E-state index < -0.39 is 6.10 Å². The molecule has 0 spiro atoms. The van der Waals surface area contributed by atoms with Crippen LogP contribution in [0.4, 0.5) is 0 Å². The average molecular weight is 283 g/mol. The molecule has 0 radical (unpaired) electrons. The van der Waals surface area contributed by atoms with Crippen LogP contribution in [0.25, 0.3) is 0 Å². The van der Waals surface area contributed by atoms with Crippen molar-refractivity contribution in [2.45, 2.75) is 12.5 Å². The van der Waals surface area contributed by atoms with Gasteiger partial charge in [-0.25, -0.2) is 0 Å². The van der Waals surface area contributed by atoms with Crippen LogP contribution in [0.2, 0.25) is 0 Å². The van der Waals surface area contributed by atoms with Gasteiger partial charge in [-0.15, -0.1) is 0 Å². The summed E-state index contributed by atoms with van der Waals surface area (Å²) in [5.41, 5.74) is 1.21. The first kappa shape index (κ1) is 16.9. The zero-order valence-corrected chi connectivity index (χ0v) is 12.3. The number of aliphatic hydroxyl groups excluding tert-OH is 1. The summed E-state index contributed by atoms with van der Waals surface area (Å²) in [4.78, 5) is 0. The second kappa shape index (κ2) is 10.6. The van der Waals surface area contributed by atoms with Crippen LogP contribution in [0.15, 0.2) is 24.3 Å². The fraction of sp³-hybridized carbons (Fsp3) is 0.600. The molecule has 0 aliphatic carbocycles. The minimum atomic E-state index is -0.489. The number of benzene rings is 1. The van der Waals surface area contributed by atoms with E-state index in [0.29, 0.717) is 26.4 Å². The Morgan fingerprint density at radius 3 is 2.85 bits per heavy atom. The Morgan fingerprint density at radius 1 is 1.25 bits per heavy atom. The lowest BCUT2D eigenvalue weighted by atomic mass is 10.1. The minimum absolute atomic E-state index is 0.329. The van der Waals surface area contributed by atoms with Crippen molar-refractivity contribution in [1.29, 1.82) is 0 Å². The molecule has 2 N–H and O–H groups in total. The van der Waals surface area contributed by atoms with Crippen LogP contribution >= 0.6 is 0 Å². The molecule has 0 aliphatic heterocycles. The van der Waals surface area contributed by atoms with Gasteiger partial charge in [0.1, 0.15) is 5.75 Å². The Balaban J connectivity index is 2.08. The summed E-state index contributed by atoms with van der Waals surface area (Å²) in [7, 11) is 3.29. The second-order valence-corrected chi connectivity index (χ2v) is 4.53. The molecule has 0 bridgehead atoms. The molecule has 0 saturated carbocycles. The van der Waals surface area contributed by atoms with E-state index in [-0.39, 0.29) is 0 Å². The lowest BCUT2D eigenvalue weighted by Crippen LogP contribution is -2.32. The van der Waals surface area contributed by atoms with Crippen molar-refractivity contribution in [3.8, 4) is 5.75 Å². The van der Waals surface area contributed by atoms with Crippen LogP contribution in [0, 0.1) is 0 Å². The molecule has 5 heteroatoms. The molecule has 5 nitrogen and oxygen atoms in total. The summed E-state index contributed by atoms with van der Waals surface area (Å²) in [5, 5.41) is 12.9. The van der Waals surface area contributed by atoms with Crippen molar-refractivity contribution in [2.75, 3.05) is 47.1 Å². The normalized spacial score (nSPS) is 12.3. The van der Waals surface area contributed by atoms with E-state index in [1.54, 1.807) is 14.2 Å². The van der Waals surface area contributed by atoms with Gasteiger partial charge in [0.25, 0.3) is 0 Å². The largest absolute Gasteiger partial charge is 0.497 e. The first-order valence-corrected chi connectivity index (χ1v) is 6.84. The standard InChI is InChI=1S/C15H25NO4/c1-18-8-9-20-12-14(17)11-16-7-6-13-4-3-5-15(10-13)19-2/h3-5,10,14,16-17H,6-9,11-12H2,1-2H3. The van der Waals surface area contributed by atoms with Crippen molar-refractivity contribution in [1.82, 2.24) is 5.32 Å². The van der Waals surface area contributed by atoms with Gasteiger partial charge in [-0.3, -0.25) is 0 Å². The molecule has 0 fully saturated rings. The van der Waals surface area contributed by atoms with Crippen molar-refractivity contribution in [2.24, 2.45) is 0 Å². The highest BCUT2D eigenvalue weighted by atomic mass is 16.5. The fourth-order valence-electron chi connectivity index (χ4n) is 1.75. The highest BCUT2D eigenvalue weighted by Gasteiger charge is 2.03. The lowest BCUT2D eigenvalue weighted by molar-refractivity contribution is 0.0139. The number of aliphatic hydroxyl groups is 1. The van der Waals surface area contributed by atoms with Crippen LogP contribution in [0.1, 0.15) is 5.56 Å². The van der Waals surface area contributed by atoms with Crippen LogP contribution in [-0.4, -0.2) is 58.3 Å². The minimum Gasteiger partial charge on any atom is -0.497 e. The zero-order chi connectivity index (χ0) is 14.6. The molecule has 0 amide bonds. The molecule has 0 heterocycles. The van der Waals surface area contributed by atoms with Gasteiger partial charge >= 0.3 is 0 Å². The van der Waals surface area contributed by atoms with Gasteiger partial charge < -0.3 is 24.6 Å². The maximum atomic E-state index is 9.68. The summed E-state index contributed by atoms with van der Waals surface area (Å²) in [6.45, 7) is 2.72. The first-order valence-electron chi connectivity index (χ1n) is 6.84. The zero-order valence-electron chi connectivity index (χ0n) is 12.3. The van der Waals surface area contributed by atoms with Gasteiger partial charge in [0, 0.05) is 13.7 Å². The number of methoxy groups -OCH3 is 2. The average Bonchev–Trinajstić information content (AvgIpc) is 2.48. The molecule has 1 unspecified atom stereocenters. The van der Waals surface area contributed by atoms with E-state index in [2.05, 4.69) is 11.4 Å². The third-order valence-corrected chi connectivity index (χ3v) is 2.85. The number of nitrogens with one attached hydrogen (secondary N) is 1. The van der Waals surface area contributed by atoms with Gasteiger partial charge in [-0.1, -0.05) is 12.1 Å². The van der Waals surface area contributed by atoms with Crippen LogP contribution in [-0.2, 0) is 15.9 Å². The summed E-state index contributed by atoms with van der Waals surface area (Å²) in [5.74, 6) is 0.870. The molecule has 0 aromatic heterocycles. The molecule has 1 atom stereocenters. The second-order valence-electron chi connectivity index (χ2n) is 4.53. The summed E-state index contributed by atoms with van der Waals surface area (Å²) in [6, 6.07) is 7.99. The maximum absolute atomic E-state index is 9.68. The predicted molar refractivity (Wildman–Crippen MR) is 78.3 cm³/mol. The van der Waals surface area contributed by atoms with Crippen LogP contribution < -0.4 is 10.1 Å². The van der Waals surface area contributed by atoms with Gasteiger partial charge in [-0.2, -0.15) is 0 Å². The molecule has 1 aromatic carbocycles. The molecular weight excluding hydrogens is 258 g/mol. The van der Waals surface area contributed by atoms with Gasteiger partial charge in [-0.05, 0) is 30.7 Å². The Kier molecular flexibility index (Phi) is 8.98. The smallest absolute Gasteiger partial charge is 0.119 e. The van der Waals surface area contributed by atoms with E-state index in [9.17, 15) is 5.11 Å². The summed E-state index contributed by atoms with van der Waals surface area (Å²) >= 11 is 0. The highest BCUT2D eigenvalue weighted by Crippen LogP contribution is 2.12.